The van der Waals surface area contributed by atoms with E-state index < -0.39 is 15.0 Å². The molecule has 14 nitrogen and oxygen atoms in total. The molecule has 0 unspecified atom stereocenters. The number of hydrogen-bond acceptors (Lipinski definition) is 15. The number of nitrogens with one attached hydrogen (secondary N) is 2. The molecule has 0 aliphatic rings. The van der Waals surface area contributed by atoms with Gasteiger partial charge in [0.15, 0.2) is 0 Å². The molecule has 0 aliphatic heterocycles. The van der Waals surface area contributed by atoms with E-state index in [2.05, 4.69) is 46.5 Å². The molecule has 1 aromatic carbocycles. The molecular formula is C17H20N6Na2O8S2. The first-order valence-electron chi connectivity index (χ1n) is 9.16. The average Bonchev–Trinajstić information content (AvgIpc) is 2.78. The van der Waals surface area contributed by atoms with E-state index in [-0.39, 0.29) is 114 Å². The Hall–Kier alpha value is -0.700. The van der Waals surface area contributed by atoms with Gasteiger partial charge in [-0.05, 0) is 17.7 Å². The molecule has 0 radical (unpaired) electrons. The molecule has 18 heteroatoms. The fourth-order valence-corrected chi connectivity index (χ4v) is 3.22. The third-order valence-electron chi connectivity index (χ3n) is 3.57. The summed E-state index contributed by atoms with van der Waals surface area (Å²) in [4.78, 5) is 16.0. The third kappa shape index (κ3) is 12.9. The molecule has 0 bridgehead atoms. The summed E-state index contributed by atoms with van der Waals surface area (Å²) in [5, 5.41) is 27.4. The van der Waals surface area contributed by atoms with Gasteiger partial charge in [-0.3, -0.25) is 5.04 Å². The van der Waals surface area contributed by atoms with Crippen LogP contribution in [0, 0.1) is 0 Å². The molecule has 0 atom stereocenters. The fraction of sp³-hybridized carbons (Fsp3) is 0.294. The number of aromatic nitrogens is 3. The van der Waals surface area contributed by atoms with Crippen molar-refractivity contribution in [1.29, 1.82) is 0 Å². The topological polar surface area (TPSA) is 203 Å². The van der Waals surface area contributed by atoms with Crippen molar-refractivity contribution >= 4 is 58.0 Å². The van der Waals surface area contributed by atoms with Crippen LogP contribution >= 0.6 is 12.0 Å². The van der Waals surface area contributed by atoms with Gasteiger partial charge in [-0.1, -0.05) is 18.7 Å². The molecule has 2 rings (SSSR count). The molecule has 0 saturated heterocycles. The number of aliphatic imine (C=N–C) groups is 1. The number of aliphatic hydroxyl groups excluding tert-OH is 1. The zero-order chi connectivity index (χ0) is 24.1. The molecule has 0 aliphatic carbocycles. The summed E-state index contributed by atoms with van der Waals surface area (Å²) >= 11 is 0.694. The zero-order valence-corrected chi connectivity index (χ0v) is 24.7. The Labute approximate surface area is 250 Å². The Morgan fingerprint density at radius 3 is 2.60 bits per heavy atom. The van der Waals surface area contributed by atoms with Crippen LogP contribution in [0.15, 0.2) is 34.7 Å². The van der Waals surface area contributed by atoms with E-state index >= 15 is 0 Å². The third-order valence-corrected chi connectivity index (χ3v) is 4.90. The minimum Gasteiger partial charge on any atom is -0.744 e. The summed E-state index contributed by atoms with van der Waals surface area (Å²) in [6.07, 6.45) is 2.61. The average molecular weight is 546 g/mol. The Morgan fingerprint density at radius 2 is 1.94 bits per heavy atom. The quantitative estimate of drug-likeness (QED) is 0.0362. The zero-order valence-electron chi connectivity index (χ0n) is 19.0. The monoisotopic (exact) mass is 546 g/mol. The second kappa shape index (κ2) is 18.5. The fourth-order valence-electron chi connectivity index (χ4n) is 2.28. The van der Waals surface area contributed by atoms with Gasteiger partial charge in [0.1, 0.15) is 10.1 Å². The smallest absolute Gasteiger partial charge is 0.744 e. The maximum Gasteiger partial charge on any atom is 1.00 e. The van der Waals surface area contributed by atoms with Gasteiger partial charge in [0, 0.05) is 30.5 Å². The number of hydrogen-bond donors (Lipinski definition) is 3. The van der Waals surface area contributed by atoms with Crippen molar-refractivity contribution in [3.05, 3.63) is 30.3 Å². The summed E-state index contributed by atoms with van der Waals surface area (Å²) in [6, 6.07) is 4.07. The van der Waals surface area contributed by atoms with E-state index in [0.717, 1.165) is 6.07 Å². The largest absolute Gasteiger partial charge is 1.00 e. The van der Waals surface area contributed by atoms with E-state index in [1.54, 1.807) is 0 Å². The predicted molar refractivity (Wildman–Crippen MR) is 117 cm³/mol. The maximum atomic E-state index is 11.5. The molecule has 180 valence electrons. The second-order valence-electron chi connectivity index (χ2n) is 5.81. The van der Waals surface area contributed by atoms with Crippen molar-refractivity contribution < 1.29 is 96.6 Å². The summed E-state index contributed by atoms with van der Waals surface area (Å²) in [7, 11) is -4.74. The number of ether oxygens (including phenoxy) is 1. The van der Waals surface area contributed by atoms with E-state index in [0.29, 0.717) is 18.6 Å². The molecular weight excluding hydrogens is 526 g/mol. The number of aliphatic hydroxyl groups is 1. The van der Waals surface area contributed by atoms with Gasteiger partial charge in [-0.15, -0.1) is 0 Å². The molecule has 1 heterocycles. The van der Waals surface area contributed by atoms with Crippen LogP contribution in [0.4, 0.5) is 23.5 Å². The molecule has 35 heavy (non-hydrogen) atoms. The Morgan fingerprint density at radius 1 is 1.20 bits per heavy atom. The minimum absolute atomic E-state index is 0. The van der Waals surface area contributed by atoms with Gasteiger partial charge in [0.05, 0.1) is 30.5 Å². The number of benzene rings is 1. The van der Waals surface area contributed by atoms with Crippen molar-refractivity contribution in [2.75, 3.05) is 42.8 Å². The van der Waals surface area contributed by atoms with Gasteiger partial charge in [-0.25, -0.2) is 13.4 Å². The van der Waals surface area contributed by atoms with Crippen LogP contribution in [0.2, 0.25) is 0 Å². The van der Waals surface area contributed by atoms with E-state index in [1.807, 2.05) is 0 Å². The first kappa shape index (κ1) is 34.3. The van der Waals surface area contributed by atoms with Gasteiger partial charge in [0.25, 0.3) is 5.95 Å². The van der Waals surface area contributed by atoms with Crippen molar-refractivity contribution in [3.63, 3.8) is 0 Å². The standard InChI is InChI=1S/C17H22N6O8S2.2Na/c1-2-12-3-4-13(11-14(12)33(26,27)28)20-17-22-15(18-5-8-29-9-7-24)21-16(23-17)19-6-10-32-31-30-25;;/h2-4,6,11,24-25H,1,5,7-10H2,(H,26,27,28)(H2,18,20,21,22,23);;/q;2*+1/p-2/b19-6-;;. The van der Waals surface area contributed by atoms with Crippen LogP contribution in [0.5, 0.6) is 0 Å². The number of rotatable bonds is 15. The van der Waals surface area contributed by atoms with Gasteiger partial charge in [-0.2, -0.15) is 19.3 Å². The predicted octanol–water partition coefficient (Wildman–Crippen LogP) is -5.83. The number of nitrogens with zero attached hydrogens (tertiary/aromatic N) is 4. The summed E-state index contributed by atoms with van der Waals surface area (Å²) in [5.74, 6) is 0.262. The molecule has 1 aromatic heterocycles. The first-order valence-corrected chi connectivity index (χ1v) is 11.5. The van der Waals surface area contributed by atoms with Crippen molar-refractivity contribution in [3.8, 4) is 0 Å². The van der Waals surface area contributed by atoms with Crippen LogP contribution < -0.4 is 75.0 Å². The first-order chi connectivity index (χ1) is 15.9. The normalized spacial score (nSPS) is 10.9. The van der Waals surface area contributed by atoms with Crippen molar-refractivity contribution in [1.82, 2.24) is 15.0 Å². The van der Waals surface area contributed by atoms with Gasteiger partial charge < -0.3 is 30.3 Å². The molecule has 2 aromatic rings. The molecule has 0 spiro atoms. The molecule has 3 N–H and O–H groups in total. The van der Waals surface area contributed by atoms with E-state index in [4.69, 9.17) is 9.84 Å². The summed E-state index contributed by atoms with van der Waals surface area (Å²) < 4.78 is 43.9. The Balaban J connectivity index is 0.00000578. The SMILES string of the molecule is C=Cc1ccc(Nc2nc(/N=C\CSOO[O-])nc(NCCOCCO)n2)cc1S(=O)(=O)[O-].[Na+].[Na+]. The van der Waals surface area contributed by atoms with Crippen LogP contribution in [-0.4, -0.2) is 71.4 Å². The van der Waals surface area contributed by atoms with Crippen LogP contribution in [0.3, 0.4) is 0 Å². The molecule has 0 saturated carbocycles. The van der Waals surface area contributed by atoms with Crippen LogP contribution in [0.25, 0.3) is 6.08 Å². The van der Waals surface area contributed by atoms with Crippen LogP contribution in [-0.2, 0) is 24.2 Å². The Kier molecular flexibility index (Phi) is 18.2. The second-order valence-corrected chi connectivity index (χ2v) is 7.87. The van der Waals surface area contributed by atoms with Crippen molar-refractivity contribution in [2.24, 2.45) is 4.99 Å². The van der Waals surface area contributed by atoms with Gasteiger partial charge >= 0.3 is 59.1 Å². The molecule has 0 fully saturated rings. The number of anilines is 3. The Bertz CT molecular complexity index is 1060. The minimum atomic E-state index is -4.74. The van der Waals surface area contributed by atoms with Crippen molar-refractivity contribution in [2.45, 2.75) is 4.90 Å². The maximum absolute atomic E-state index is 11.5. The van der Waals surface area contributed by atoms with E-state index in [9.17, 15) is 18.2 Å². The van der Waals surface area contributed by atoms with Gasteiger partial charge in [0.2, 0.25) is 11.9 Å². The van der Waals surface area contributed by atoms with Crippen LogP contribution in [0.1, 0.15) is 5.56 Å². The van der Waals surface area contributed by atoms with E-state index in [1.165, 1.54) is 24.4 Å². The summed E-state index contributed by atoms with van der Waals surface area (Å²) in [6.45, 7) is 4.15. The molecule has 0 amide bonds. The summed E-state index contributed by atoms with van der Waals surface area (Å²) in [5.41, 5.74) is 0.383.